The lowest BCUT2D eigenvalue weighted by atomic mass is 9.93. The number of nitrogens with zero attached hydrogens (tertiary/aromatic N) is 2. The van der Waals surface area contributed by atoms with Gasteiger partial charge in [-0.25, -0.2) is 0 Å². The van der Waals surface area contributed by atoms with Crippen LogP contribution >= 0.6 is 0 Å². The first-order chi connectivity index (χ1) is 14.7. The molecule has 4 nitrogen and oxygen atoms in total. The first-order valence-corrected chi connectivity index (χ1v) is 9.76. The van der Waals surface area contributed by atoms with Crippen molar-refractivity contribution in [3.05, 3.63) is 119 Å². The van der Waals surface area contributed by atoms with E-state index in [0.29, 0.717) is 18.4 Å². The second-order valence-electron chi connectivity index (χ2n) is 6.84. The quantitative estimate of drug-likeness (QED) is 0.473. The summed E-state index contributed by atoms with van der Waals surface area (Å²) >= 11 is 0. The van der Waals surface area contributed by atoms with Crippen LogP contribution in [0.15, 0.2) is 96.9 Å². The summed E-state index contributed by atoms with van der Waals surface area (Å²) in [4.78, 5) is 0. The molecular formula is C26H26N4. The zero-order valence-electron chi connectivity index (χ0n) is 16.9. The Morgan fingerprint density at radius 1 is 0.833 bits per heavy atom. The van der Waals surface area contributed by atoms with Crippen molar-refractivity contribution in [1.82, 2.24) is 0 Å². The number of benzene rings is 2. The summed E-state index contributed by atoms with van der Waals surface area (Å²) in [6, 6.07) is 21.1. The molecule has 30 heavy (non-hydrogen) atoms. The Labute approximate surface area is 178 Å². The third-order valence-electron chi connectivity index (χ3n) is 4.66. The van der Waals surface area contributed by atoms with Gasteiger partial charge in [0, 0.05) is 24.3 Å². The maximum atomic E-state index is 9.20. The van der Waals surface area contributed by atoms with Crippen LogP contribution in [0.2, 0.25) is 0 Å². The van der Waals surface area contributed by atoms with Gasteiger partial charge in [0.2, 0.25) is 0 Å². The molecule has 2 aromatic carbocycles. The van der Waals surface area contributed by atoms with Crippen molar-refractivity contribution in [3.63, 3.8) is 0 Å². The van der Waals surface area contributed by atoms with Gasteiger partial charge in [-0.2, -0.15) is 10.5 Å². The summed E-state index contributed by atoms with van der Waals surface area (Å²) in [5, 5.41) is 18.3. The molecule has 0 radical (unpaired) electrons. The summed E-state index contributed by atoms with van der Waals surface area (Å²) in [6.07, 6.45) is 13.8. The largest absolute Gasteiger partial charge is 0.405 e. The highest BCUT2D eigenvalue weighted by Crippen LogP contribution is 2.22. The summed E-state index contributed by atoms with van der Waals surface area (Å²) in [5.74, 6) is 0.0519. The van der Waals surface area contributed by atoms with Gasteiger partial charge in [-0.1, -0.05) is 60.7 Å². The lowest BCUT2D eigenvalue weighted by Crippen LogP contribution is -1.96. The van der Waals surface area contributed by atoms with E-state index in [1.165, 1.54) is 23.5 Å². The van der Waals surface area contributed by atoms with E-state index in [1.807, 2.05) is 12.2 Å². The van der Waals surface area contributed by atoms with Gasteiger partial charge >= 0.3 is 0 Å². The van der Waals surface area contributed by atoms with E-state index in [9.17, 15) is 5.26 Å². The van der Waals surface area contributed by atoms with Gasteiger partial charge in [-0.15, -0.1) is 0 Å². The van der Waals surface area contributed by atoms with Crippen molar-refractivity contribution in [3.8, 4) is 12.1 Å². The first-order valence-electron chi connectivity index (χ1n) is 9.76. The van der Waals surface area contributed by atoms with Crippen molar-refractivity contribution in [2.24, 2.45) is 11.5 Å². The second kappa shape index (κ2) is 12.4. The summed E-state index contributed by atoms with van der Waals surface area (Å²) in [5.41, 5.74) is 16.0. The van der Waals surface area contributed by atoms with Crippen LogP contribution < -0.4 is 11.5 Å². The Morgan fingerprint density at radius 2 is 1.43 bits per heavy atom. The van der Waals surface area contributed by atoms with Crippen molar-refractivity contribution in [1.29, 1.82) is 10.5 Å². The Kier molecular flexibility index (Phi) is 9.24. The molecule has 0 aliphatic rings. The minimum atomic E-state index is 0.0519. The molecule has 0 aliphatic carbocycles. The van der Waals surface area contributed by atoms with E-state index in [-0.39, 0.29) is 5.92 Å². The SMILES string of the molecule is N#CCC(/C=C\C=C/N)c1ccc(Cc2ccc(C/C(C#N)=C\C=C/N)cc2)cc1. The van der Waals surface area contributed by atoms with Crippen LogP contribution in [0.4, 0.5) is 0 Å². The van der Waals surface area contributed by atoms with Gasteiger partial charge in [0.05, 0.1) is 12.1 Å². The predicted molar refractivity (Wildman–Crippen MR) is 122 cm³/mol. The van der Waals surface area contributed by atoms with Gasteiger partial charge in [0.1, 0.15) is 0 Å². The molecular weight excluding hydrogens is 368 g/mol. The molecule has 0 amide bonds. The van der Waals surface area contributed by atoms with E-state index >= 15 is 0 Å². The van der Waals surface area contributed by atoms with E-state index in [0.717, 1.165) is 17.5 Å². The molecule has 1 unspecified atom stereocenters. The number of allylic oxidation sites excluding steroid dienone is 6. The number of nitriles is 2. The van der Waals surface area contributed by atoms with Gasteiger partial charge in [0.25, 0.3) is 0 Å². The molecule has 1 atom stereocenters. The van der Waals surface area contributed by atoms with Crippen LogP contribution in [0, 0.1) is 22.7 Å². The molecule has 0 bridgehead atoms. The van der Waals surface area contributed by atoms with E-state index < -0.39 is 0 Å². The van der Waals surface area contributed by atoms with Gasteiger partial charge < -0.3 is 11.5 Å². The third-order valence-corrected chi connectivity index (χ3v) is 4.66. The third kappa shape index (κ3) is 7.19. The number of hydrogen-bond donors (Lipinski definition) is 2. The molecule has 0 aromatic heterocycles. The predicted octanol–water partition coefficient (Wildman–Crippen LogP) is 4.77. The van der Waals surface area contributed by atoms with E-state index in [2.05, 4.69) is 60.7 Å². The average molecular weight is 395 g/mol. The van der Waals surface area contributed by atoms with Gasteiger partial charge in [0.15, 0.2) is 0 Å². The number of rotatable bonds is 9. The molecule has 4 N–H and O–H groups in total. The normalized spacial score (nSPS) is 12.9. The molecule has 0 saturated heterocycles. The van der Waals surface area contributed by atoms with Crippen LogP contribution in [0.5, 0.6) is 0 Å². The second-order valence-corrected chi connectivity index (χ2v) is 6.84. The zero-order chi connectivity index (χ0) is 21.6. The van der Waals surface area contributed by atoms with Crippen molar-refractivity contribution in [2.75, 3.05) is 0 Å². The zero-order valence-corrected chi connectivity index (χ0v) is 16.9. The molecule has 0 saturated carbocycles. The smallest absolute Gasteiger partial charge is 0.0950 e. The molecule has 4 heteroatoms. The minimum absolute atomic E-state index is 0.0519. The Hall–Kier alpha value is -4.02. The molecule has 0 heterocycles. The van der Waals surface area contributed by atoms with Crippen molar-refractivity contribution in [2.45, 2.75) is 25.2 Å². The highest BCUT2D eigenvalue weighted by molar-refractivity contribution is 5.36. The maximum absolute atomic E-state index is 9.20. The van der Waals surface area contributed by atoms with Crippen molar-refractivity contribution >= 4 is 0 Å². The topological polar surface area (TPSA) is 99.6 Å². The molecule has 0 fully saturated rings. The standard InChI is InChI=1S/C26H26N4/c27-15-2-1-5-25(14-17-29)26-12-10-23(11-13-26)18-21-6-8-22(9-7-21)19-24(20-30)4-3-16-28/h1-13,15-16,25H,14,18-19,27-28H2/b5-1-,15-2-,16-3-,24-4+. The molecule has 0 spiro atoms. The highest BCUT2D eigenvalue weighted by atomic mass is 14.5. The number of hydrogen-bond acceptors (Lipinski definition) is 4. The summed E-state index contributed by atoms with van der Waals surface area (Å²) in [7, 11) is 0. The van der Waals surface area contributed by atoms with Crippen LogP contribution in [0.3, 0.4) is 0 Å². The van der Waals surface area contributed by atoms with Gasteiger partial charge in [-0.05, 0) is 59.3 Å². The Morgan fingerprint density at radius 3 is 2.00 bits per heavy atom. The molecule has 0 aliphatic heterocycles. The van der Waals surface area contributed by atoms with Crippen LogP contribution in [-0.4, -0.2) is 0 Å². The fourth-order valence-corrected chi connectivity index (χ4v) is 3.08. The Bertz CT molecular complexity index is 995. The summed E-state index contributed by atoms with van der Waals surface area (Å²) < 4.78 is 0. The fourth-order valence-electron chi connectivity index (χ4n) is 3.08. The monoisotopic (exact) mass is 394 g/mol. The minimum Gasteiger partial charge on any atom is -0.405 e. The fraction of sp³-hybridized carbons (Fsp3) is 0.154. The molecule has 2 rings (SSSR count). The number of nitrogens with two attached hydrogens (primary N) is 2. The maximum Gasteiger partial charge on any atom is 0.0950 e. The van der Waals surface area contributed by atoms with Crippen molar-refractivity contribution < 1.29 is 0 Å². The highest BCUT2D eigenvalue weighted by Gasteiger charge is 2.08. The summed E-state index contributed by atoms with van der Waals surface area (Å²) in [6.45, 7) is 0. The van der Waals surface area contributed by atoms with Crippen LogP contribution in [0.1, 0.15) is 34.6 Å². The lowest BCUT2D eigenvalue weighted by Gasteiger charge is -2.10. The van der Waals surface area contributed by atoms with E-state index in [4.69, 9.17) is 16.7 Å². The van der Waals surface area contributed by atoms with Crippen LogP contribution in [-0.2, 0) is 12.8 Å². The average Bonchev–Trinajstić information content (AvgIpc) is 2.78. The van der Waals surface area contributed by atoms with Crippen LogP contribution in [0.25, 0.3) is 0 Å². The van der Waals surface area contributed by atoms with Gasteiger partial charge in [-0.3, -0.25) is 0 Å². The lowest BCUT2D eigenvalue weighted by molar-refractivity contribution is 0.871. The first kappa shape index (κ1) is 22.3. The van der Waals surface area contributed by atoms with E-state index in [1.54, 1.807) is 18.2 Å². The molecule has 2 aromatic rings. The molecule has 150 valence electrons. The Balaban J connectivity index is 2.05.